The van der Waals surface area contributed by atoms with Crippen LogP contribution in [0.4, 0.5) is 4.39 Å². The molecule has 0 bridgehead atoms. The first-order chi connectivity index (χ1) is 16.5. The van der Waals surface area contributed by atoms with Gasteiger partial charge >= 0.3 is 0 Å². The summed E-state index contributed by atoms with van der Waals surface area (Å²) in [5.41, 5.74) is 2.92. The molecule has 180 valence electrons. The average Bonchev–Trinajstić information content (AvgIpc) is 3.14. The smallest absolute Gasteiger partial charge is 0.256 e. The third kappa shape index (κ3) is 5.59. The second kappa shape index (κ2) is 11.0. The normalized spacial score (nSPS) is 15.2. The molecular formula is C26H30ClFN4O2. The summed E-state index contributed by atoms with van der Waals surface area (Å²) in [4.78, 5) is 15.6. The number of carbonyl (C=O) groups is 1. The zero-order chi connectivity index (χ0) is 24.1. The van der Waals surface area contributed by atoms with Crippen LogP contribution in [-0.4, -0.2) is 47.3 Å². The molecule has 1 atom stereocenters. The highest BCUT2D eigenvalue weighted by molar-refractivity contribution is 6.33. The Kier molecular flexibility index (Phi) is 7.85. The molecule has 1 aliphatic heterocycles. The van der Waals surface area contributed by atoms with E-state index in [1.165, 1.54) is 18.6 Å². The predicted molar refractivity (Wildman–Crippen MR) is 131 cm³/mol. The van der Waals surface area contributed by atoms with Crippen LogP contribution in [0.25, 0.3) is 0 Å². The highest BCUT2D eigenvalue weighted by atomic mass is 35.5. The topological polar surface area (TPSA) is 59.4 Å². The van der Waals surface area contributed by atoms with Crippen molar-refractivity contribution < 1.29 is 13.9 Å². The molecule has 0 saturated carbocycles. The van der Waals surface area contributed by atoms with E-state index in [2.05, 4.69) is 27.4 Å². The van der Waals surface area contributed by atoms with Crippen molar-refractivity contribution in [1.82, 2.24) is 20.0 Å². The van der Waals surface area contributed by atoms with Gasteiger partial charge in [0.2, 0.25) is 0 Å². The number of nitrogens with one attached hydrogen (secondary N) is 1. The number of hydrogen-bond donors (Lipinski definition) is 1. The third-order valence-electron chi connectivity index (χ3n) is 6.33. The van der Waals surface area contributed by atoms with Gasteiger partial charge in [-0.15, -0.1) is 0 Å². The number of carbonyl (C=O) groups excluding carboxylic acids is 1. The number of benzene rings is 2. The van der Waals surface area contributed by atoms with Crippen LogP contribution >= 0.6 is 11.6 Å². The Labute approximate surface area is 204 Å². The summed E-state index contributed by atoms with van der Waals surface area (Å²) in [5.74, 6) is 0.260. The number of amides is 1. The number of piperidine rings is 1. The van der Waals surface area contributed by atoms with Gasteiger partial charge in [0.15, 0.2) is 0 Å². The molecule has 1 unspecified atom stereocenters. The fourth-order valence-corrected chi connectivity index (χ4v) is 4.79. The number of likely N-dealkylation sites (tertiary alicyclic amines) is 1. The summed E-state index contributed by atoms with van der Waals surface area (Å²) in [6, 6.07) is 14.2. The van der Waals surface area contributed by atoms with Crippen LogP contribution in [0.5, 0.6) is 5.75 Å². The van der Waals surface area contributed by atoms with Crippen LogP contribution in [0.15, 0.2) is 48.5 Å². The summed E-state index contributed by atoms with van der Waals surface area (Å²) in [5, 5.41) is 7.82. The molecule has 1 aromatic heterocycles. The van der Waals surface area contributed by atoms with Crippen molar-refractivity contribution in [2.24, 2.45) is 0 Å². The minimum absolute atomic E-state index is 0.0588. The Balaban J connectivity index is 1.49. The van der Waals surface area contributed by atoms with Crippen molar-refractivity contribution >= 4 is 17.5 Å². The number of nitrogens with zero attached hydrogens (tertiary/aromatic N) is 3. The average molecular weight is 485 g/mol. The Hall–Kier alpha value is -2.90. The van der Waals surface area contributed by atoms with Crippen molar-refractivity contribution in [2.45, 2.75) is 38.8 Å². The van der Waals surface area contributed by atoms with E-state index in [4.69, 9.17) is 16.3 Å². The molecular weight excluding hydrogens is 455 g/mol. The summed E-state index contributed by atoms with van der Waals surface area (Å²) in [6.07, 6.45) is 3.55. The number of methoxy groups -OCH3 is 1. The number of aryl methyl sites for hydroxylation is 1. The maximum atomic E-state index is 13.2. The number of hydrogen-bond acceptors (Lipinski definition) is 4. The first-order valence-corrected chi connectivity index (χ1v) is 12.0. The summed E-state index contributed by atoms with van der Waals surface area (Å²) < 4.78 is 20.1. The number of ether oxygens (including phenoxy) is 1. The Bertz CT molecular complexity index is 1110. The SMILES string of the molecule is COc1ccc(C(CNC(=O)c2c(C)nn(Cc3ccc(F)cc3)c2Cl)N2CCCCC2)cc1. The van der Waals surface area contributed by atoms with Gasteiger partial charge in [-0.3, -0.25) is 9.69 Å². The van der Waals surface area contributed by atoms with E-state index in [1.807, 2.05) is 12.1 Å². The molecule has 4 rings (SSSR count). The monoisotopic (exact) mass is 484 g/mol. The van der Waals surface area contributed by atoms with Crippen LogP contribution in [0.2, 0.25) is 5.15 Å². The third-order valence-corrected chi connectivity index (χ3v) is 6.71. The molecule has 2 heterocycles. The quantitative estimate of drug-likeness (QED) is 0.489. The fraction of sp³-hybridized carbons (Fsp3) is 0.385. The van der Waals surface area contributed by atoms with Crippen molar-refractivity contribution in [3.8, 4) is 5.75 Å². The first-order valence-electron chi connectivity index (χ1n) is 11.6. The molecule has 1 amide bonds. The van der Waals surface area contributed by atoms with Crippen LogP contribution in [0.3, 0.4) is 0 Å². The first kappa shape index (κ1) is 24.2. The maximum absolute atomic E-state index is 13.2. The second-order valence-corrected chi connectivity index (χ2v) is 8.99. The van der Waals surface area contributed by atoms with E-state index in [9.17, 15) is 9.18 Å². The lowest BCUT2D eigenvalue weighted by atomic mass is 10.0. The van der Waals surface area contributed by atoms with E-state index < -0.39 is 0 Å². The van der Waals surface area contributed by atoms with E-state index in [-0.39, 0.29) is 22.9 Å². The summed E-state index contributed by atoms with van der Waals surface area (Å²) >= 11 is 6.56. The Morgan fingerprint density at radius 3 is 2.44 bits per heavy atom. The molecule has 1 aliphatic rings. The van der Waals surface area contributed by atoms with Gasteiger partial charge in [-0.05, 0) is 68.2 Å². The van der Waals surface area contributed by atoms with Gasteiger partial charge in [-0.1, -0.05) is 42.3 Å². The largest absolute Gasteiger partial charge is 0.497 e. The predicted octanol–water partition coefficient (Wildman–Crippen LogP) is 5.00. The molecule has 0 spiro atoms. The zero-order valence-corrected chi connectivity index (χ0v) is 20.3. The van der Waals surface area contributed by atoms with Gasteiger partial charge in [-0.2, -0.15) is 5.10 Å². The maximum Gasteiger partial charge on any atom is 0.256 e. The Morgan fingerprint density at radius 1 is 1.12 bits per heavy atom. The van der Waals surface area contributed by atoms with E-state index in [0.717, 1.165) is 42.8 Å². The zero-order valence-electron chi connectivity index (χ0n) is 19.6. The highest BCUT2D eigenvalue weighted by Crippen LogP contribution is 2.27. The molecule has 0 radical (unpaired) electrons. The fourth-order valence-electron chi connectivity index (χ4n) is 4.47. The number of halogens is 2. The van der Waals surface area contributed by atoms with Gasteiger partial charge in [0.25, 0.3) is 5.91 Å². The van der Waals surface area contributed by atoms with E-state index in [1.54, 1.807) is 30.8 Å². The van der Waals surface area contributed by atoms with E-state index in [0.29, 0.717) is 24.3 Å². The molecule has 0 aliphatic carbocycles. The molecule has 1 N–H and O–H groups in total. The molecule has 6 nitrogen and oxygen atoms in total. The Morgan fingerprint density at radius 2 is 1.79 bits per heavy atom. The molecule has 1 saturated heterocycles. The molecule has 1 fully saturated rings. The van der Waals surface area contributed by atoms with Crippen LogP contribution in [0, 0.1) is 12.7 Å². The van der Waals surface area contributed by atoms with Gasteiger partial charge in [0, 0.05) is 6.54 Å². The number of rotatable bonds is 8. The minimum atomic E-state index is -0.299. The van der Waals surface area contributed by atoms with Crippen molar-refractivity contribution in [3.63, 3.8) is 0 Å². The van der Waals surface area contributed by atoms with Gasteiger partial charge in [0.1, 0.15) is 16.7 Å². The number of aromatic nitrogens is 2. The molecule has 2 aromatic carbocycles. The summed E-state index contributed by atoms with van der Waals surface area (Å²) in [7, 11) is 1.65. The van der Waals surface area contributed by atoms with Crippen LogP contribution in [0.1, 0.15) is 52.5 Å². The van der Waals surface area contributed by atoms with Gasteiger partial charge < -0.3 is 10.1 Å². The lowest BCUT2D eigenvalue weighted by molar-refractivity contribution is 0.0924. The van der Waals surface area contributed by atoms with Crippen molar-refractivity contribution in [3.05, 3.63) is 81.9 Å². The lowest BCUT2D eigenvalue weighted by Crippen LogP contribution is -2.40. The van der Waals surface area contributed by atoms with Gasteiger partial charge in [0.05, 0.1) is 31.0 Å². The van der Waals surface area contributed by atoms with Gasteiger partial charge in [-0.25, -0.2) is 9.07 Å². The standard InChI is InChI=1S/C26H30ClFN4O2/c1-18-24(25(27)32(30-18)17-19-6-10-21(28)11-7-19)26(33)29-16-23(31-14-4-3-5-15-31)20-8-12-22(34-2)13-9-20/h6-13,23H,3-5,14-17H2,1-2H3,(H,29,33). The van der Waals surface area contributed by atoms with E-state index >= 15 is 0 Å². The molecule has 8 heteroatoms. The molecule has 34 heavy (non-hydrogen) atoms. The second-order valence-electron chi connectivity index (χ2n) is 8.63. The highest BCUT2D eigenvalue weighted by Gasteiger charge is 2.25. The van der Waals surface area contributed by atoms with Crippen molar-refractivity contribution in [1.29, 1.82) is 0 Å². The minimum Gasteiger partial charge on any atom is -0.497 e. The van der Waals surface area contributed by atoms with Crippen LogP contribution < -0.4 is 10.1 Å². The van der Waals surface area contributed by atoms with Crippen molar-refractivity contribution in [2.75, 3.05) is 26.7 Å². The summed E-state index contributed by atoms with van der Waals surface area (Å²) in [6.45, 7) is 4.59. The van der Waals surface area contributed by atoms with Crippen LogP contribution in [-0.2, 0) is 6.54 Å². The molecule has 3 aromatic rings. The lowest BCUT2D eigenvalue weighted by Gasteiger charge is -2.35.